The molecule has 1 heterocycles. The van der Waals surface area contributed by atoms with Crippen LogP contribution in [0.1, 0.15) is 77.2 Å². The minimum absolute atomic E-state index is 0.00162. The summed E-state index contributed by atoms with van der Waals surface area (Å²) < 4.78 is 25.2. The van der Waals surface area contributed by atoms with E-state index in [4.69, 9.17) is 18.6 Å². The first kappa shape index (κ1) is 30.4. The van der Waals surface area contributed by atoms with Gasteiger partial charge in [-0.25, -0.2) is 0 Å². The van der Waals surface area contributed by atoms with Crippen LogP contribution in [0.15, 0.2) is 47.2 Å². The number of benzene rings is 1. The molecule has 1 aliphatic heterocycles. The second-order valence-electron chi connectivity index (χ2n) is 14.6. The number of rotatable bonds is 9. The van der Waals surface area contributed by atoms with Crippen molar-refractivity contribution >= 4 is 8.32 Å². The summed E-state index contributed by atoms with van der Waals surface area (Å²) in [5.74, 6) is 2.76. The number of ether oxygens (including phenoxy) is 3. The lowest BCUT2D eigenvalue weighted by Crippen LogP contribution is -2.53. The highest BCUT2D eigenvalue weighted by molar-refractivity contribution is 6.70. The molecule has 6 rings (SSSR count). The van der Waals surface area contributed by atoms with Crippen molar-refractivity contribution in [1.82, 2.24) is 4.90 Å². The van der Waals surface area contributed by atoms with E-state index in [9.17, 15) is 5.11 Å². The first-order chi connectivity index (χ1) is 20.0. The summed E-state index contributed by atoms with van der Waals surface area (Å²) in [4.78, 5) is 2.39. The van der Waals surface area contributed by atoms with Gasteiger partial charge in [0.1, 0.15) is 12.4 Å². The quantitative estimate of drug-likeness (QED) is 0.245. The Kier molecular flexibility index (Phi) is 8.23. The van der Waals surface area contributed by atoms with E-state index in [1.807, 2.05) is 0 Å². The Hall–Kier alpha value is -1.64. The summed E-state index contributed by atoms with van der Waals surface area (Å²) in [6, 6.07) is 8.87. The third kappa shape index (κ3) is 5.53. The fraction of sp³-hybridized carbons (Fsp3) is 0.714. The SMILES string of the molecule is CCN(CC)CCOc1ccc(C2CC3(C)C(O[Si](C)(C)C)=CCC3C3CC[C@]4(O)CC5(CCC4=C23)OCCO5)cc1. The Labute approximate surface area is 254 Å². The van der Waals surface area contributed by atoms with Gasteiger partial charge in [0.15, 0.2) is 5.79 Å². The Balaban J connectivity index is 1.33. The number of fused-ring (bicyclic) bond motifs is 4. The lowest BCUT2D eigenvalue weighted by Gasteiger charge is -2.56. The van der Waals surface area contributed by atoms with Crippen molar-refractivity contribution in [3.05, 3.63) is 52.8 Å². The highest BCUT2D eigenvalue weighted by atomic mass is 28.4. The molecule has 1 aromatic carbocycles. The summed E-state index contributed by atoms with van der Waals surface area (Å²) >= 11 is 0. The predicted octanol–water partition coefficient (Wildman–Crippen LogP) is 7.02. The maximum atomic E-state index is 12.3. The first-order valence-electron chi connectivity index (χ1n) is 16.6. The molecule has 4 unspecified atom stereocenters. The van der Waals surface area contributed by atoms with Crippen LogP contribution in [-0.2, 0) is 13.9 Å². The summed E-state index contributed by atoms with van der Waals surface area (Å²) in [6.07, 6.45) is 8.52. The molecule has 1 aromatic rings. The molecule has 0 aromatic heterocycles. The molecular formula is C35H53NO5Si. The zero-order valence-electron chi connectivity index (χ0n) is 26.8. The molecular weight excluding hydrogens is 542 g/mol. The molecule has 1 spiro atoms. The van der Waals surface area contributed by atoms with Gasteiger partial charge >= 0.3 is 0 Å². The van der Waals surface area contributed by atoms with Crippen LogP contribution in [0.5, 0.6) is 5.75 Å². The standard InChI is InChI=1S/C35H53NO5Si/c1-7-36(8-2)19-20-38-26-11-9-25(10-12-26)28-23-33(3)29(13-14-31(33)41-42(4,5)6)27-15-17-34(37)24-35(39-21-22-40-35)18-16-30(34)32(27)28/h9-12,14,27-29,37H,7-8,13,15-24H2,1-6H3/t27?,28?,29?,33?,34-/m0/s1. The molecule has 7 heteroatoms. The van der Waals surface area contributed by atoms with Crippen LogP contribution in [0.2, 0.25) is 19.6 Å². The van der Waals surface area contributed by atoms with E-state index >= 15 is 0 Å². The van der Waals surface area contributed by atoms with Crippen molar-refractivity contribution in [2.75, 3.05) is 39.5 Å². The molecule has 42 heavy (non-hydrogen) atoms. The van der Waals surface area contributed by atoms with Crippen LogP contribution in [-0.4, -0.2) is 69.2 Å². The summed E-state index contributed by atoms with van der Waals surface area (Å²) in [5, 5.41) is 12.3. The lowest BCUT2D eigenvalue weighted by atomic mass is 9.51. The number of hydrogen-bond donors (Lipinski definition) is 1. The molecule has 6 nitrogen and oxygen atoms in total. The highest BCUT2D eigenvalue weighted by Gasteiger charge is 2.59. The van der Waals surface area contributed by atoms with E-state index in [1.54, 1.807) is 0 Å². The third-order valence-corrected chi connectivity index (χ3v) is 11.8. The zero-order valence-corrected chi connectivity index (χ0v) is 27.8. The second kappa shape index (κ2) is 11.4. The topological polar surface area (TPSA) is 60.4 Å². The lowest BCUT2D eigenvalue weighted by molar-refractivity contribution is -0.208. The van der Waals surface area contributed by atoms with E-state index in [0.29, 0.717) is 38.1 Å². The fourth-order valence-electron chi connectivity index (χ4n) is 8.96. The Bertz CT molecular complexity index is 1190. The Morgan fingerprint density at radius 2 is 1.76 bits per heavy atom. The second-order valence-corrected chi connectivity index (χ2v) is 19.1. The maximum absolute atomic E-state index is 12.3. The molecule has 5 atom stereocenters. The zero-order chi connectivity index (χ0) is 29.8. The Morgan fingerprint density at radius 3 is 2.43 bits per heavy atom. The van der Waals surface area contributed by atoms with Crippen molar-refractivity contribution in [2.24, 2.45) is 17.3 Å². The van der Waals surface area contributed by atoms with Crippen LogP contribution < -0.4 is 4.74 Å². The largest absolute Gasteiger partial charge is 0.547 e. The molecule has 1 N–H and O–H groups in total. The minimum atomic E-state index is -1.75. The molecule has 3 fully saturated rings. The van der Waals surface area contributed by atoms with Crippen molar-refractivity contribution in [1.29, 1.82) is 0 Å². The maximum Gasteiger partial charge on any atom is 0.241 e. The van der Waals surface area contributed by atoms with Crippen LogP contribution in [0.3, 0.4) is 0 Å². The molecule has 0 bridgehead atoms. The fourth-order valence-corrected chi connectivity index (χ4v) is 9.94. The molecule has 2 saturated carbocycles. The van der Waals surface area contributed by atoms with Gasteiger partial charge in [-0.3, -0.25) is 0 Å². The summed E-state index contributed by atoms with van der Waals surface area (Å²) in [6.45, 7) is 18.7. The van der Waals surface area contributed by atoms with Crippen molar-refractivity contribution in [2.45, 2.75) is 103 Å². The van der Waals surface area contributed by atoms with Gasteiger partial charge in [0.2, 0.25) is 8.32 Å². The normalized spacial score (nSPS) is 33.8. The monoisotopic (exact) mass is 595 g/mol. The molecule has 1 saturated heterocycles. The number of allylic oxidation sites excluding steroid dienone is 3. The number of aliphatic hydroxyl groups is 1. The van der Waals surface area contributed by atoms with Crippen LogP contribution >= 0.6 is 0 Å². The van der Waals surface area contributed by atoms with E-state index in [0.717, 1.165) is 63.9 Å². The van der Waals surface area contributed by atoms with Crippen LogP contribution in [0.4, 0.5) is 0 Å². The van der Waals surface area contributed by atoms with Gasteiger partial charge in [0.05, 0.1) is 24.6 Å². The summed E-state index contributed by atoms with van der Waals surface area (Å²) in [7, 11) is -1.75. The molecule has 5 aliphatic rings. The first-order valence-corrected chi connectivity index (χ1v) is 20.0. The van der Waals surface area contributed by atoms with Gasteiger partial charge in [0, 0.05) is 30.7 Å². The number of nitrogens with zero attached hydrogens (tertiary/aromatic N) is 1. The Morgan fingerprint density at radius 1 is 1.05 bits per heavy atom. The van der Waals surface area contributed by atoms with Gasteiger partial charge in [-0.05, 0) is 106 Å². The van der Waals surface area contributed by atoms with Gasteiger partial charge in [0.25, 0.3) is 0 Å². The molecule has 0 radical (unpaired) electrons. The predicted molar refractivity (Wildman–Crippen MR) is 169 cm³/mol. The summed E-state index contributed by atoms with van der Waals surface area (Å²) in [5.41, 5.74) is 3.28. The van der Waals surface area contributed by atoms with E-state index < -0.39 is 19.7 Å². The number of hydrogen-bond acceptors (Lipinski definition) is 6. The van der Waals surface area contributed by atoms with Gasteiger partial charge in [-0.2, -0.15) is 0 Å². The smallest absolute Gasteiger partial charge is 0.241 e. The number of likely N-dealkylation sites (N-methyl/N-ethyl adjacent to an activating group) is 1. The van der Waals surface area contributed by atoms with E-state index in [2.05, 4.69) is 75.7 Å². The average molecular weight is 596 g/mol. The van der Waals surface area contributed by atoms with Gasteiger partial charge < -0.3 is 28.6 Å². The van der Waals surface area contributed by atoms with Crippen LogP contribution in [0, 0.1) is 17.3 Å². The van der Waals surface area contributed by atoms with Crippen molar-refractivity contribution in [3.8, 4) is 5.75 Å². The van der Waals surface area contributed by atoms with Crippen molar-refractivity contribution in [3.63, 3.8) is 0 Å². The van der Waals surface area contributed by atoms with Crippen LogP contribution in [0.25, 0.3) is 0 Å². The minimum Gasteiger partial charge on any atom is -0.547 e. The molecule has 232 valence electrons. The van der Waals surface area contributed by atoms with Gasteiger partial charge in [-0.1, -0.05) is 38.5 Å². The van der Waals surface area contributed by atoms with E-state index in [-0.39, 0.29) is 11.3 Å². The highest BCUT2D eigenvalue weighted by Crippen LogP contribution is 2.66. The average Bonchev–Trinajstić information content (AvgIpc) is 3.53. The van der Waals surface area contributed by atoms with E-state index in [1.165, 1.54) is 22.5 Å². The third-order valence-electron chi connectivity index (χ3n) is 11.0. The molecule has 0 amide bonds. The van der Waals surface area contributed by atoms with Crippen molar-refractivity contribution < 1.29 is 23.7 Å². The molecule has 4 aliphatic carbocycles. The van der Waals surface area contributed by atoms with Gasteiger partial charge in [-0.15, -0.1) is 0 Å².